The molecule has 0 radical (unpaired) electrons. The van der Waals surface area contributed by atoms with Crippen molar-refractivity contribution in [3.8, 4) is 5.75 Å². The number of hydrogen-bond acceptors (Lipinski definition) is 5. The average Bonchev–Trinajstić information content (AvgIpc) is 3.03. The highest BCUT2D eigenvalue weighted by atomic mass is 19.1. The van der Waals surface area contributed by atoms with Gasteiger partial charge in [-0.1, -0.05) is 12.1 Å². The first-order valence-corrected chi connectivity index (χ1v) is 9.91. The van der Waals surface area contributed by atoms with Crippen LogP contribution in [-0.4, -0.2) is 55.5 Å². The van der Waals surface area contributed by atoms with Crippen LogP contribution in [0.1, 0.15) is 13.3 Å². The van der Waals surface area contributed by atoms with E-state index in [0.29, 0.717) is 49.9 Å². The highest BCUT2D eigenvalue weighted by Gasteiger charge is 2.43. The molecule has 0 N–H and O–H groups in total. The Labute approximate surface area is 169 Å². The van der Waals surface area contributed by atoms with Crippen LogP contribution < -0.4 is 14.5 Å². The van der Waals surface area contributed by atoms with Crippen LogP contribution in [0.3, 0.4) is 0 Å². The van der Waals surface area contributed by atoms with Crippen LogP contribution >= 0.6 is 0 Å². The average molecular weight is 397 g/mol. The molecule has 0 unspecified atom stereocenters. The fourth-order valence-corrected chi connectivity index (χ4v) is 4.01. The second-order valence-corrected chi connectivity index (χ2v) is 7.19. The van der Waals surface area contributed by atoms with Crippen molar-refractivity contribution in [2.75, 3.05) is 42.6 Å². The lowest BCUT2D eigenvalue weighted by Crippen LogP contribution is -2.52. The summed E-state index contributed by atoms with van der Waals surface area (Å²) in [5.41, 5.74) is 1.15. The van der Waals surface area contributed by atoms with Crippen LogP contribution in [0.4, 0.5) is 15.8 Å². The van der Waals surface area contributed by atoms with Gasteiger partial charge in [-0.05, 0) is 43.3 Å². The van der Waals surface area contributed by atoms with E-state index in [2.05, 4.69) is 0 Å². The quantitative estimate of drug-likeness (QED) is 0.726. The summed E-state index contributed by atoms with van der Waals surface area (Å²) in [5, 5.41) is 0. The van der Waals surface area contributed by atoms with Crippen LogP contribution in [0, 0.1) is 5.82 Å². The highest BCUT2D eigenvalue weighted by molar-refractivity contribution is 6.22. The molecule has 2 amide bonds. The Kier molecular flexibility index (Phi) is 5.49. The smallest absolute Gasteiger partial charge is 0.251 e. The van der Waals surface area contributed by atoms with Gasteiger partial charge in [-0.25, -0.2) is 9.29 Å². The van der Waals surface area contributed by atoms with Crippen molar-refractivity contribution in [3.05, 3.63) is 54.3 Å². The number of para-hydroxylation sites is 1. The Morgan fingerprint density at radius 2 is 1.69 bits per heavy atom. The first-order chi connectivity index (χ1) is 14.1. The zero-order valence-corrected chi connectivity index (χ0v) is 16.4. The van der Waals surface area contributed by atoms with Gasteiger partial charge >= 0.3 is 0 Å². The van der Waals surface area contributed by atoms with Crippen LogP contribution in [0.5, 0.6) is 5.75 Å². The Bertz CT molecular complexity index is 894. The van der Waals surface area contributed by atoms with Gasteiger partial charge in [0.15, 0.2) is 0 Å². The number of anilines is 2. The van der Waals surface area contributed by atoms with Crippen LogP contribution in [0.25, 0.3) is 0 Å². The second kappa shape index (κ2) is 8.21. The number of halogens is 1. The lowest BCUT2D eigenvalue weighted by molar-refractivity contribution is -0.123. The molecule has 0 aromatic heterocycles. The van der Waals surface area contributed by atoms with Gasteiger partial charge in [0.25, 0.3) is 5.91 Å². The summed E-state index contributed by atoms with van der Waals surface area (Å²) in [6.45, 7) is 4.90. The molecule has 2 aliphatic rings. The molecule has 2 aliphatic heterocycles. The molecule has 152 valence electrons. The number of piperazine rings is 1. The summed E-state index contributed by atoms with van der Waals surface area (Å²) in [6, 6.07) is 13.2. The van der Waals surface area contributed by atoms with E-state index in [4.69, 9.17) is 4.74 Å². The summed E-state index contributed by atoms with van der Waals surface area (Å²) in [7, 11) is 0. The van der Waals surface area contributed by atoms with Crippen LogP contribution in [-0.2, 0) is 9.59 Å². The second-order valence-electron chi connectivity index (χ2n) is 7.19. The highest BCUT2D eigenvalue weighted by Crippen LogP contribution is 2.29. The summed E-state index contributed by atoms with van der Waals surface area (Å²) >= 11 is 0. The minimum Gasteiger partial charge on any atom is -0.494 e. The van der Waals surface area contributed by atoms with E-state index in [0.717, 1.165) is 0 Å². The monoisotopic (exact) mass is 397 g/mol. The topological polar surface area (TPSA) is 53.1 Å². The van der Waals surface area contributed by atoms with Crippen molar-refractivity contribution >= 4 is 23.2 Å². The Balaban J connectivity index is 1.42. The Morgan fingerprint density at radius 1 is 1.00 bits per heavy atom. The molecule has 1 atom stereocenters. The molecular formula is C22H24FN3O3. The van der Waals surface area contributed by atoms with Gasteiger partial charge in [-0.3, -0.25) is 14.5 Å². The zero-order chi connectivity index (χ0) is 20.4. The molecule has 0 aliphatic carbocycles. The number of benzene rings is 2. The van der Waals surface area contributed by atoms with Crippen molar-refractivity contribution in [2.45, 2.75) is 19.4 Å². The number of amides is 2. The molecule has 4 rings (SSSR count). The fourth-order valence-electron chi connectivity index (χ4n) is 4.01. The number of nitrogens with zero attached hydrogens (tertiary/aromatic N) is 3. The number of hydrogen-bond donors (Lipinski definition) is 0. The Morgan fingerprint density at radius 3 is 2.34 bits per heavy atom. The lowest BCUT2D eigenvalue weighted by atomic mass is 10.1. The predicted molar refractivity (Wildman–Crippen MR) is 109 cm³/mol. The summed E-state index contributed by atoms with van der Waals surface area (Å²) < 4.78 is 19.5. The van der Waals surface area contributed by atoms with Crippen molar-refractivity contribution in [1.29, 1.82) is 0 Å². The van der Waals surface area contributed by atoms with Crippen molar-refractivity contribution in [3.63, 3.8) is 0 Å². The van der Waals surface area contributed by atoms with E-state index in [-0.39, 0.29) is 24.1 Å². The van der Waals surface area contributed by atoms with E-state index in [9.17, 15) is 14.0 Å². The first kappa shape index (κ1) is 19.4. The lowest BCUT2D eigenvalue weighted by Gasteiger charge is -2.38. The maximum atomic E-state index is 14.0. The van der Waals surface area contributed by atoms with E-state index < -0.39 is 6.04 Å². The molecule has 0 spiro atoms. The maximum absolute atomic E-state index is 14.0. The summed E-state index contributed by atoms with van der Waals surface area (Å²) in [4.78, 5) is 30.8. The fraction of sp³-hybridized carbons (Fsp3) is 0.364. The molecule has 7 heteroatoms. The normalized spacial score (nSPS) is 20.4. The maximum Gasteiger partial charge on any atom is 0.251 e. The molecule has 2 saturated heterocycles. The molecule has 29 heavy (non-hydrogen) atoms. The minimum atomic E-state index is -0.461. The van der Waals surface area contributed by atoms with Crippen LogP contribution in [0.2, 0.25) is 0 Å². The zero-order valence-electron chi connectivity index (χ0n) is 16.4. The van der Waals surface area contributed by atoms with Gasteiger partial charge in [-0.15, -0.1) is 0 Å². The molecular weight excluding hydrogens is 373 g/mol. The van der Waals surface area contributed by atoms with Gasteiger partial charge in [0, 0.05) is 26.2 Å². The van der Waals surface area contributed by atoms with Crippen molar-refractivity contribution < 1.29 is 18.7 Å². The number of carbonyl (C=O) groups excluding carboxylic acids is 2. The standard InChI is InChI=1S/C22H24FN3O3/c1-2-29-17-9-7-16(8-10-17)26-21(27)15-20(22(26)28)25-13-11-24(12-14-25)19-6-4-3-5-18(19)23/h3-10,20H,2,11-15H2,1H3/t20-/m0/s1. The third kappa shape index (κ3) is 3.82. The SMILES string of the molecule is CCOc1ccc(N2C(=O)C[C@H](N3CCN(c4ccccc4F)CC3)C2=O)cc1. The Hall–Kier alpha value is -2.93. The molecule has 0 saturated carbocycles. The summed E-state index contributed by atoms with van der Waals surface area (Å²) in [6.07, 6.45) is 0.172. The van der Waals surface area contributed by atoms with E-state index in [1.807, 2.05) is 22.8 Å². The van der Waals surface area contributed by atoms with E-state index >= 15 is 0 Å². The predicted octanol–water partition coefficient (Wildman–Crippen LogP) is 2.68. The van der Waals surface area contributed by atoms with Gasteiger partial charge in [-0.2, -0.15) is 0 Å². The molecule has 6 nitrogen and oxygen atoms in total. The van der Waals surface area contributed by atoms with Crippen molar-refractivity contribution in [2.24, 2.45) is 0 Å². The molecule has 2 fully saturated rings. The third-order valence-electron chi connectivity index (χ3n) is 5.48. The number of rotatable bonds is 5. The summed E-state index contributed by atoms with van der Waals surface area (Å²) in [5.74, 6) is 0.0742. The van der Waals surface area contributed by atoms with Gasteiger partial charge in [0.05, 0.1) is 30.4 Å². The van der Waals surface area contributed by atoms with Gasteiger partial charge < -0.3 is 9.64 Å². The largest absolute Gasteiger partial charge is 0.494 e. The number of imide groups is 1. The van der Waals surface area contributed by atoms with E-state index in [1.54, 1.807) is 36.4 Å². The van der Waals surface area contributed by atoms with Crippen LogP contribution in [0.15, 0.2) is 48.5 Å². The number of carbonyl (C=O) groups is 2. The number of ether oxygens (including phenoxy) is 1. The third-order valence-corrected chi connectivity index (χ3v) is 5.48. The van der Waals surface area contributed by atoms with Gasteiger partial charge in [0.2, 0.25) is 5.91 Å². The van der Waals surface area contributed by atoms with Crippen molar-refractivity contribution in [1.82, 2.24) is 4.90 Å². The van der Waals surface area contributed by atoms with E-state index in [1.165, 1.54) is 11.0 Å². The molecule has 0 bridgehead atoms. The first-order valence-electron chi connectivity index (χ1n) is 9.91. The van der Waals surface area contributed by atoms with Gasteiger partial charge in [0.1, 0.15) is 11.6 Å². The minimum absolute atomic E-state index is 0.172. The molecule has 2 aromatic carbocycles. The molecule has 2 aromatic rings. The molecule has 2 heterocycles.